The molecule has 1 aliphatic heterocycles. The van der Waals surface area contributed by atoms with Crippen molar-refractivity contribution >= 4 is 5.91 Å². The minimum absolute atomic E-state index is 0.00292. The Bertz CT molecular complexity index is 1190. The maximum atomic E-state index is 13.0. The van der Waals surface area contributed by atoms with E-state index in [0.29, 0.717) is 30.0 Å². The predicted molar refractivity (Wildman–Crippen MR) is 114 cm³/mol. The summed E-state index contributed by atoms with van der Waals surface area (Å²) in [4.78, 5) is 25.3. The quantitative estimate of drug-likeness (QED) is 0.586. The van der Waals surface area contributed by atoms with Crippen LogP contribution in [0.15, 0.2) is 57.7 Å². The van der Waals surface area contributed by atoms with E-state index in [4.69, 9.17) is 13.9 Å². The molecule has 1 aliphatic rings. The molecule has 3 aromatic rings. The number of aromatic hydroxyl groups is 1. The van der Waals surface area contributed by atoms with Crippen LogP contribution in [0.3, 0.4) is 0 Å². The van der Waals surface area contributed by atoms with Gasteiger partial charge in [0, 0.05) is 24.9 Å². The molecule has 4 rings (SSSR count). The molecule has 1 unspecified atom stereocenters. The van der Waals surface area contributed by atoms with Crippen molar-refractivity contribution < 1.29 is 28.2 Å². The summed E-state index contributed by atoms with van der Waals surface area (Å²) in [6, 6.07) is 12.5. The van der Waals surface area contributed by atoms with Crippen LogP contribution in [-0.2, 0) is 11.2 Å². The Morgan fingerprint density at radius 1 is 1.12 bits per heavy atom. The lowest BCUT2D eigenvalue weighted by atomic mass is 9.88. The number of aryl methyl sites for hydroxylation is 1. The summed E-state index contributed by atoms with van der Waals surface area (Å²) in [5, 5.41) is 13.3. The van der Waals surface area contributed by atoms with E-state index in [1.165, 1.54) is 18.2 Å². The van der Waals surface area contributed by atoms with Crippen molar-refractivity contribution in [1.29, 1.82) is 0 Å². The van der Waals surface area contributed by atoms with E-state index >= 15 is 0 Å². The van der Waals surface area contributed by atoms with Gasteiger partial charge in [0.2, 0.25) is 12.7 Å². The second kappa shape index (κ2) is 9.13. The second-order valence-electron chi connectivity index (χ2n) is 7.54. The minimum Gasteiger partial charge on any atom is -0.507 e. The van der Waals surface area contributed by atoms with Crippen LogP contribution in [0.5, 0.6) is 17.2 Å². The monoisotopic (exact) mass is 439 g/mol. The van der Waals surface area contributed by atoms with Crippen molar-refractivity contribution in [1.82, 2.24) is 5.32 Å². The SMILES string of the molecule is Cc1cc(O)c(C(CC(=O)NCCc2ccc(F)cc2)c2ccc3c(c2)OCO3)c(=O)o1. The van der Waals surface area contributed by atoms with Crippen LogP contribution in [0.2, 0.25) is 0 Å². The smallest absolute Gasteiger partial charge is 0.343 e. The number of carbonyl (C=O) groups is 1. The van der Waals surface area contributed by atoms with Gasteiger partial charge in [-0.05, 0) is 48.7 Å². The molecule has 0 aliphatic carbocycles. The summed E-state index contributed by atoms with van der Waals surface area (Å²) in [6.07, 6.45) is 0.434. The predicted octanol–water partition coefficient (Wildman–Crippen LogP) is 3.40. The zero-order chi connectivity index (χ0) is 22.7. The maximum absolute atomic E-state index is 13.0. The van der Waals surface area contributed by atoms with Gasteiger partial charge in [-0.15, -0.1) is 0 Å². The van der Waals surface area contributed by atoms with Gasteiger partial charge in [0.25, 0.3) is 0 Å². The standard InChI is InChI=1S/C24H22FNO6/c1-14-10-19(27)23(24(29)32-14)18(16-4-7-20-21(11-16)31-13-30-20)12-22(28)26-9-8-15-2-5-17(25)6-3-15/h2-7,10-11,18,27H,8-9,12-13H2,1H3,(H,26,28). The first kappa shape index (κ1) is 21.4. The highest BCUT2D eigenvalue weighted by atomic mass is 19.1. The topological polar surface area (TPSA) is 98.0 Å². The lowest BCUT2D eigenvalue weighted by Gasteiger charge is -2.18. The summed E-state index contributed by atoms with van der Waals surface area (Å²) in [6.45, 7) is 1.99. The van der Waals surface area contributed by atoms with Crippen LogP contribution < -0.4 is 20.4 Å². The zero-order valence-corrected chi connectivity index (χ0v) is 17.4. The molecule has 7 nitrogen and oxygen atoms in total. The van der Waals surface area contributed by atoms with Crippen molar-refractivity contribution in [2.75, 3.05) is 13.3 Å². The number of carbonyl (C=O) groups excluding carboxylic acids is 1. The summed E-state index contributed by atoms with van der Waals surface area (Å²) in [5.41, 5.74) is 0.790. The van der Waals surface area contributed by atoms with E-state index in [1.54, 1.807) is 37.3 Å². The van der Waals surface area contributed by atoms with Gasteiger partial charge < -0.3 is 24.3 Å². The average molecular weight is 439 g/mol. The van der Waals surface area contributed by atoms with Gasteiger partial charge in [0.05, 0.1) is 5.56 Å². The fourth-order valence-corrected chi connectivity index (χ4v) is 3.70. The third kappa shape index (κ3) is 4.74. The van der Waals surface area contributed by atoms with Crippen molar-refractivity contribution in [2.24, 2.45) is 0 Å². The minimum atomic E-state index is -0.757. The molecule has 0 saturated carbocycles. The normalized spacial score (nSPS) is 13.1. The van der Waals surface area contributed by atoms with Crippen molar-refractivity contribution in [2.45, 2.75) is 25.7 Å². The van der Waals surface area contributed by atoms with Gasteiger partial charge in [-0.3, -0.25) is 4.79 Å². The zero-order valence-electron chi connectivity index (χ0n) is 17.4. The first-order chi connectivity index (χ1) is 15.4. The van der Waals surface area contributed by atoms with Crippen LogP contribution >= 0.6 is 0 Å². The molecule has 166 valence electrons. The lowest BCUT2D eigenvalue weighted by molar-refractivity contribution is -0.121. The molecule has 2 heterocycles. The number of hydrogen-bond donors (Lipinski definition) is 2. The first-order valence-electron chi connectivity index (χ1n) is 10.1. The van der Waals surface area contributed by atoms with Crippen molar-refractivity contribution in [3.05, 3.63) is 87.2 Å². The number of halogens is 1. The molecule has 0 saturated heterocycles. The van der Waals surface area contributed by atoms with Crippen molar-refractivity contribution in [3.8, 4) is 17.2 Å². The average Bonchev–Trinajstić information content (AvgIpc) is 3.21. The van der Waals surface area contributed by atoms with Crippen LogP contribution in [0.25, 0.3) is 0 Å². The number of benzene rings is 2. The fourth-order valence-electron chi connectivity index (χ4n) is 3.70. The van der Waals surface area contributed by atoms with Gasteiger partial charge >= 0.3 is 5.63 Å². The molecule has 0 bridgehead atoms. The summed E-state index contributed by atoms with van der Waals surface area (Å²) >= 11 is 0. The van der Waals surface area contributed by atoms with E-state index in [9.17, 15) is 19.1 Å². The number of hydrogen-bond acceptors (Lipinski definition) is 6. The third-order valence-electron chi connectivity index (χ3n) is 5.28. The van der Waals surface area contributed by atoms with Gasteiger partial charge in [-0.25, -0.2) is 9.18 Å². The molecule has 2 N–H and O–H groups in total. The lowest BCUT2D eigenvalue weighted by Crippen LogP contribution is -2.28. The summed E-state index contributed by atoms with van der Waals surface area (Å²) < 4.78 is 29.0. The maximum Gasteiger partial charge on any atom is 0.343 e. The van der Waals surface area contributed by atoms with Crippen LogP contribution in [0.1, 0.15) is 34.8 Å². The van der Waals surface area contributed by atoms with E-state index < -0.39 is 11.5 Å². The van der Waals surface area contributed by atoms with Crippen LogP contribution in [0.4, 0.5) is 4.39 Å². The van der Waals surface area contributed by atoms with E-state index in [-0.39, 0.29) is 42.0 Å². The van der Waals surface area contributed by atoms with Gasteiger partial charge in [0.15, 0.2) is 11.5 Å². The Morgan fingerprint density at radius 2 is 1.88 bits per heavy atom. The van der Waals surface area contributed by atoms with Gasteiger partial charge in [-0.2, -0.15) is 0 Å². The van der Waals surface area contributed by atoms with Crippen LogP contribution in [0, 0.1) is 12.7 Å². The highest BCUT2D eigenvalue weighted by Crippen LogP contribution is 2.38. The Balaban J connectivity index is 1.55. The highest BCUT2D eigenvalue weighted by Gasteiger charge is 2.27. The molecule has 32 heavy (non-hydrogen) atoms. The molecule has 0 radical (unpaired) electrons. The number of rotatable bonds is 7. The highest BCUT2D eigenvalue weighted by molar-refractivity contribution is 5.77. The fraction of sp³-hybridized carbons (Fsp3) is 0.250. The van der Waals surface area contributed by atoms with Gasteiger partial charge in [0.1, 0.15) is 17.3 Å². The van der Waals surface area contributed by atoms with E-state index in [1.807, 2.05) is 0 Å². The van der Waals surface area contributed by atoms with E-state index in [2.05, 4.69) is 5.32 Å². The number of fused-ring (bicyclic) bond motifs is 1. The van der Waals surface area contributed by atoms with E-state index in [0.717, 1.165) is 5.56 Å². The molecule has 0 spiro atoms. The summed E-state index contributed by atoms with van der Waals surface area (Å²) in [7, 11) is 0. The molecular formula is C24H22FNO6. The molecule has 2 aromatic carbocycles. The number of ether oxygens (including phenoxy) is 2. The van der Waals surface area contributed by atoms with Crippen molar-refractivity contribution in [3.63, 3.8) is 0 Å². The third-order valence-corrected chi connectivity index (χ3v) is 5.28. The Hall–Kier alpha value is -3.81. The molecule has 1 atom stereocenters. The largest absolute Gasteiger partial charge is 0.507 e. The Morgan fingerprint density at radius 3 is 2.62 bits per heavy atom. The number of amides is 1. The molecule has 8 heteroatoms. The Kier molecular flexibility index (Phi) is 6.11. The number of nitrogens with one attached hydrogen (secondary N) is 1. The second-order valence-corrected chi connectivity index (χ2v) is 7.54. The van der Waals surface area contributed by atoms with Gasteiger partial charge in [-0.1, -0.05) is 18.2 Å². The Labute approximate surface area is 183 Å². The molecule has 0 fully saturated rings. The molecular weight excluding hydrogens is 417 g/mol. The molecule has 1 aromatic heterocycles. The summed E-state index contributed by atoms with van der Waals surface area (Å²) in [5.74, 6) is -0.288. The first-order valence-corrected chi connectivity index (χ1v) is 10.1. The van der Waals surface area contributed by atoms with Crippen LogP contribution in [-0.4, -0.2) is 24.4 Å². The molecule has 1 amide bonds.